The molecule has 1 N–H and O–H groups in total. The first-order valence-corrected chi connectivity index (χ1v) is 8.00. The lowest BCUT2D eigenvalue weighted by Gasteiger charge is -2.29. The molecule has 0 aromatic heterocycles. The Balaban J connectivity index is 1.64. The average Bonchev–Trinajstić information content (AvgIpc) is 2.63. The van der Waals surface area contributed by atoms with Crippen LogP contribution in [0.1, 0.15) is 22.3 Å². The molecule has 5 nitrogen and oxygen atoms in total. The number of carbonyl (C=O) groups is 2. The first-order chi connectivity index (χ1) is 11.7. The van der Waals surface area contributed by atoms with Crippen molar-refractivity contribution < 1.29 is 14.3 Å². The Hall–Kier alpha value is -2.82. The Bertz CT molecular complexity index is 758. The second-order valence-corrected chi connectivity index (χ2v) is 5.63. The molecule has 0 saturated heterocycles. The number of aryl methyl sites for hydroxylation is 1. The van der Waals surface area contributed by atoms with Crippen LogP contribution in [-0.2, 0) is 11.2 Å². The maximum Gasteiger partial charge on any atom is 0.255 e. The number of nitrogens with one attached hydrogen (secondary N) is 1. The van der Waals surface area contributed by atoms with Gasteiger partial charge in [0.25, 0.3) is 5.91 Å². The van der Waals surface area contributed by atoms with Gasteiger partial charge in [0.2, 0.25) is 5.91 Å². The van der Waals surface area contributed by atoms with Crippen LogP contribution in [0.4, 0.5) is 5.69 Å². The first-order valence-electron chi connectivity index (χ1n) is 8.00. The number of methoxy groups -OCH3 is 1. The molecule has 2 aromatic carbocycles. The van der Waals surface area contributed by atoms with Crippen LogP contribution in [0, 0.1) is 0 Å². The molecule has 0 unspecified atom stereocenters. The Morgan fingerprint density at radius 3 is 2.71 bits per heavy atom. The largest absolute Gasteiger partial charge is 0.496 e. The number of hydrogen-bond donors (Lipinski definition) is 1. The second-order valence-electron chi connectivity index (χ2n) is 5.63. The standard InChI is InChI=1S/C19H20N2O3/c1-24-17-9-5-3-7-15(17)19(23)20-12-13-21-16-8-4-2-6-14(16)10-11-18(21)22/h2-9H,10-13H2,1H3,(H,20,23). The summed E-state index contributed by atoms with van der Waals surface area (Å²) < 4.78 is 5.20. The maximum absolute atomic E-state index is 12.3. The normalized spacial score (nSPS) is 13.4. The van der Waals surface area contributed by atoms with Gasteiger partial charge in [-0.05, 0) is 30.2 Å². The van der Waals surface area contributed by atoms with E-state index in [1.165, 1.54) is 12.7 Å². The third-order valence-electron chi connectivity index (χ3n) is 4.16. The summed E-state index contributed by atoms with van der Waals surface area (Å²) in [4.78, 5) is 26.2. The number of nitrogens with zero attached hydrogens (tertiary/aromatic N) is 1. The van der Waals surface area contributed by atoms with Crippen LogP contribution in [-0.4, -0.2) is 32.0 Å². The zero-order valence-corrected chi connectivity index (χ0v) is 13.6. The van der Waals surface area contributed by atoms with Gasteiger partial charge in [0.15, 0.2) is 0 Å². The summed E-state index contributed by atoms with van der Waals surface area (Å²) in [5.74, 6) is 0.430. The molecule has 24 heavy (non-hydrogen) atoms. The van der Waals surface area contributed by atoms with Crippen molar-refractivity contribution in [3.05, 3.63) is 59.7 Å². The van der Waals surface area contributed by atoms with Gasteiger partial charge in [-0.3, -0.25) is 9.59 Å². The molecule has 2 aromatic rings. The fourth-order valence-electron chi connectivity index (χ4n) is 2.95. The van der Waals surface area contributed by atoms with Crippen LogP contribution in [0.25, 0.3) is 0 Å². The van der Waals surface area contributed by atoms with Crippen LogP contribution in [0.3, 0.4) is 0 Å². The number of anilines is 1. The minimum atomic E-state index is -0.204. The number of fused-ring (bicyclic) bond motifs is 1. The molecule has 0 radical (unpaired) electrons. The highest BCUT2D eigenvalue weighted by Gasteiger charge is 2.23. The Labute approximate surface area is 141 Å². The monoisotopic (exact) mass is 324 g/mol. The topological polar surface area (TPSA) is 58.6 Å². The smallest absolute Gasteiger partial charge is 0.255 e. The Kier molecular flexibility index (Phi) is 4.79. The summed E-state index contributed by atoms with van der Waals surface area (Å²) in [6.07, 6.45) is 1.29. The molecule has 1 aliphatic rings. The number of carbonyl (C=O) groups excluding carboxylic acids is 2. The highest BCUT2D eigenvalue weighted by Crippen LogP contribution is 2.27. The summed E-state index contributed by atoms with van der Waals surface area (Å²) in [5.41, 5.74) is 2.61. The third-order valence-corrected chi connectivity index (χ3v) is 4.16. The molecule has 1 heterocycles. The predicted molar refractivity (Wildman–Crippen MR) is 92.4 cm³/mol. The number of para-hydroxylation sites is 2. The van der Waals surface area contributed by atoms with E-state index in [0.717, 1.165) is 12.1 Å². The van der Waals surface area contributed by atoms with E-state index in [9.17, 15) is 9.59 Å². The summed E-state index contributed by atoms with van der Waals surface area (Å²) in [6.45, 7) is 0.841. The average molecular weight is 324 g/mol. The third kappa shape index (κ3) is 3.25. The van der Waals surface area contributed by atoms with Crippen molar-refractivity contribution >= 4 is 17.5 Å². The quantitative estimate of drug-likeness (QED) is 0.919. The van der Waals surface area contributed by atoms with Crippen LogP contribution in [0.15, 0.2) is 48.5 Å². The van der Waals surface area contributed by atoms with Gasteiger partial charge in [0.1, 0.15) is 5.75 Å². The van der Waals surface area contributed by atoms with Gasteiger partial charge in [-0.15, -0.1) is 0 Å². The second kappa shape index (κ2) is 7.17. The van der Waals surface area contributed by atoms with Crippen LogP contribution in [0.2, 0.25) is 0 Å². The minimum absolute atomic E-state index is 0.0974. The van der Waals surface area contributed by atoms with Gasteiger partial charge in [-0.25, -0.2) is 0 Å². The summed E-state index contributed by atoms with van der Waals surface area (Å²) in [7, 11) is 1.54. The van der Waals surface area contributed by atoms with Gasteiger partial charge in [-0.2, -0.15) is 0 Å². The minimum Gasteiger partial charge on any atom is -0.496 e. The van der Waals surface area contributed by atoms with Crippen LogP contribution in [0.5, 0.6) is 5.75 Å². The zero-order chi connectivity index (χ0) is 16.9. The van der Waals surface area contributed by atoms with E-state index >= 15 is 0 Å². The van der Waals surface area contributed by atoms with E-state index in [1.54, 1.807) is 23.1 Å². The molecule has 1 aliphatic heterocycles. The lowest BCUT2D eigenvalue weighted by Crippen LogP contribution is -2.41. The van der Waals surface area contributed by atoms with Crippen molar-refractivity contribution in [2.75, 3.05) is 25.1 Å². The molecule has 0 bridgehead atoms. The zero-order valence-electron chi connectivity index (χ0n) is 13.6. The van der Waals surface area contributed by atoms with E-state index in [-0.39, 0.29) is 11.8 Å². The fourth-order valence-corrected chi connectivity index (χ4v) is 2.95. The maximum atomic E-state index is 12.3. The molecule has 2 amide bonds. The highest BCUT2D eigenvalue weighted by atomic mass is 16.5. The molecule has 0 spiro atoms. The van der Waals surface area contributed by atoms with Crippen molar-refractivity contribution in [1.82, 2.24) is 5.32 Å². The highest BCUT2D eigenvalue weighted by molar-refractivity contribution is 5.98. The molecule has 0 aliphatic carbocycles. The lowest BCUT2D eigenvalue weighted by atomic mass is 10.0. The number of hydrogen-bond acceptors (Lipinski definition) is 3. The summed E-state index contributed by atoms with van der Waals surface area (Å²) >= 11 is 0. The SMILES string of the molecule is COc1ccccc1C(=O)NCCN1C(=O)CCc2ccccc21. The number of ether oxygens (including phenoxy) is 1. The lowest BCUT2D eigenvalue weighted by molar-refractivity contribution is -0.118. The molecular weight excluding hydrogens is 304 g/mol. The molecule has 124 valence electrons. The Morgan fingerprint density at radius 1 is 1.12 bits per heavy atom. The number of rotatable bonds is 5. The summed E-state index contributed by atoms with van der Waals surface area (Å²) in [6, 6.07) is 15.0. The van der Waals surface area contributed by atoms with E-state index in [4.69, 9.17) is 4.74 Å². The molecule has 0 fully saturated rings. The first kappa shape index (κ1) is 16.1. The Morgan fingerprint density at radius 2 is 1.88 bits per heavy atom. The molecule has 0 atom stereocenters. The van der Waals surface area contributed by atoms with Crippen molar-refractivity contribution in [3.8, 4) is 5.75 Å². The van der Waals surface area contributed by atoms with Crippen molar-refractivity contribution in [3.63, 3.8) is 0 Å². The van der Waals surface area contributed by atoms with E-state index < -0.39 is 0 Å². The van der Waals surface area contributed by atoms with Gasteiger partial charge in [-0.1, -0.05) is 30.3 Å². The number of amides is 2. The van der Waals surface area contributed by atoms with Crippen LogP contribution >= 0.6 is 0 Å². The van der Waals surface area contributed by atoms with Gasteiger partial charge >= 0.3 is 0 Å². The van der Waals surface area contributed by atoms with Gasteiger partial charge in [0.05, 0.1) is 12.7 Å². The summed E-state index contributed by atoms with van der Waals surface area (Å²) in [5, 5.41) is 2.86. The molecule has 5 heteroatoms. The molecule has 0 saturated carbocycles. The molecular formula is C19H20N2O3. The number of benzene rings is 2. The van der Waals surface area contributed by atoms with Crippen molar-refractivity contribution in [2.45, 2.75) is 12.8 Å². The predicted octanol–water partition coefficient (Wildman–Crippen LogP) is 2.40. The van der Waals surface area contributed by atoms with Gasteiger partial charge in [0, 0.05) is 25.2 Å². The van der Waals surface area contributed by atoms with Crippen molar-refractivity contribution in [1.29, 1.82) is 0 Å². The van der Waals surface area contributed by atoms with E-state index in [0.29, 0.717) is 30.8 Å². The van der Waals surface area contributed by atoms with Gasteiger partial charge < -0.3 is 15.0 Å². The van der Waals surface area contributed by atoms with E-state index in [1.807, 2.05) is 30.3 Å². The fraction of sp³-hybridized carbons (Fsp3) is 0.263. The van der Waals surface area contributed by atoms with Crippen LogP contribution < -0.4 is 15.0 Å². The van der Waals surface area contributed by atoms with Crippen molar-refractivity contribution in [2.24, 2.45) is 0 Å². The van der Waals surface area contributed by atoms with E-state index in [2.05, 4.69) is 5.32 Å². The molecule has 3 rings (SSSR count).